The number of rotatable bonds is 3. The monoisotopic (exact) mass is 237 g/mol. The van der Waals surface area contributed by atoms with E-state index < -0.39 is 0 Å². The van der Waals surface area contributed by atoms with Crippen LogP contribution < -0.4 is 5.73 Å². The lowest BCUT2D eigenvalue weighted by Gasteiger charge is -2.05. The summed E-state index contributed by atoms with van der Waals surface area (Å²) in [5.74, 6) is 0. The van der Waals surface area contributed by atoms with Gasteiger partial charge in [0.2, 0.25) is 0 Å². The molecule has 1 aromatic heterocycles. The zero-order valence-corrected chi connectivity index (χ0v) is 10.3. The van der Waals surface area contributed by atoms with Crippen molar-refractivity contribution in [1.29, 1.82) is 0 Å². The highest BCUT2D eigenvalue weighted by Gasteiger charge is 2.11. The van der Waals surface area contributed by atoms with Crippen molar-refractivity contribution >= 4 is 22.5 Å². The maximum atomic E-state index is 6.26. The Hall–Kier alpha value is -1.06. The fourth-order valence-corrected chi connectivity index (χ4v) is 2.17. The van der Waals surface area contributed by atoms with Gasteiger partial charge in [-0.05, 0) is 44.5 Å². The predicted molar refractivity (Wildman–Crippen MR) is 67.9 cm³/mol. The molecule has 3 nitrogen and oxygen atoms in total. The Labute approximate surface area is 100 Å². The van der Waals surface area contributed by atoms with E-state index in [9.17, 15) is 0 Å². The van der Waals surface area contributed by atoms with E-state index in [1.807, 2.05) is 10.7 Å². The molecule has 0 saturated heterocycles. The second kappa shape index (κ2) is 4.44. The molecule has 0 aliphatic heterocycles. The molecule has 1 aromatic carbocycles. The molecule has 2 aromatic rings. The largest absolute Gasteiger partial charge is 0.330 e. The van der Waals surface area contributed by atoms with Crippen molar-refractivity contribution in [2.24, 2.45) is 5.73 Å². The minimum absolute atomic E-state index is 0.276. The smallest absolute Gasteiger partial charge is 0.135 e. The van der Waals surface area contributed by atoms with Gasteiger partial charge in [-0.25, -0.2) is 0 Å². The summed E-state index contributed by atoms with van der Waals surface area (Å²) in [7, 11) is 0. The molecule has 0 bridgehead atoms. The molecule has 0 aliphatic rings. The van der Waals surface area contributed by atoms with Gasteiger partial charge in [0.05, 0.1) is 5.52 Å². The van der Waals surface area contributed by atoms with Crippen LogP contribution in [0.5, 0.6) is 0 Å². The van der Waals surface area contributed by atoms with Gasteiger partial charge in [0.15, 0.2) is 0 Å². The Bertz CT molecular complexity index is 502. The number of hydrogen-bond acceptors (Lipinski definition) is 2. The van der Waals surface area contributed by atoms with Gasteiger partial charge < -0.3 is 5.73 Å². The predicted octanol–water partition coefficient (Wildman–Crippen LogP) is 2.77. The Kier molecular flexibility index (Phi) is 3.17. The van der Waals surface area contributed by atoms with Crippen LogP contribution in [-0.4, -0.2) is 16.3 Å². The van der Waals surface area contributed by atoms with Crippen LogP contribution in [0.25, 0.3) is 10.9 Å². The minimum Gasteiger partial charge on any atom is -0.330 e. The zero-order chi connectivity index (χ0) is 11.7. The molecule has 0 unspecified atom stereocenters. The number of fused-ring (bicyclic) bond motifs is 1. The molecule has 0 atom stereocenters. The van der Waals surface area contributed by atoms with Gasteiger partial charge in [-0.1, -0.05) is 17.7 Å². The third-order valence-corrected chi connectivity index (χ3v) is 3.00. The first-order valence-electron chi connectivity index (χ1n) is 5.50. The number of nitrogens with zero attached hydrogens (tertiary/aromatic N) is 2. The molecular weight excluding hydrogens is 222 g/mol. The van der Waals surface area contributed by atoms with E-state index in [0.717, 1.165) is 17.3 Å². The quantitative estimate of drug-likeness (QED) is 0.892. The summed E-state index contributed by atoms with van der Waals surface area (Å²) in [5.41, 5.74) is 7.69. The van der Waals surface area contributed by atoms with E-state index in [-0.39, 0.29) is 6.04 Å². The second-order valence-corrected chi connectivity index (χ2v) is 4.58. The van der Waals surface area contributed by atoms with Gasteiger partial charge in [-0.2, -0.15) is 5.10 Å². The molecule has 4 heteroatoms. The van der Waals surface area contributed by atoms with Crippen LogP contribution in [0, 0.1) is 0 Å². The van der Waals surface area contributed by atoms with Crippen molar-refractivity contribution in [2.45, 2.75) is 26.3 Å². The first-order valence-corrected chi connectivity index (χ1v) is 5.88. The summed E-state index contributed by atoms with van der Waals surface area (Å²) < 4.78 is 1.85. The standard InChI is InChI=1S/C12H16ClN3/c1-8(2)16-12(13)10-4-3-9(5-6-14)7-11(10)15-16/h3-4,7-8H,5-6,14H2,1-2H3. The fourth-order valence-electron chi connectivity index (χ4n) is 1.78. The van der Waals surface area contributed by atoms with Gasteiger partial charge in [0, 0.05) is 11.4 Å². The minimum atomic E-state index is 0.276. The number of aromatic nitrogens is 2. The summed E-state index contributed by atoms with van der Waals surface area (Å²) in [6.07, 6.45) is 0.877. The number of hydrogen-bond donors (Lipinski definition) is 1. The van der Waals surface area contributed by atoms with E-state index in [1.54, 1.807) is 0 Å². The highest BCUT2D eigenvalue weighted by atomic mass is 35.5. The van der Waals surface area contributed by atoms with Gasteiger partial charge in [0.1, 0.15) is 5.15 Å². The summed E-state index contributed by atoms with van der Waals surface area (Å²) in [6.45, 7) is 4.79. The van der Waals surface area contributed by atoms with Crippen LogP contribution >= 0.6 is 11.6 Å². The van der Waals surface area contributed by atoms with Crippen molar-refractivity contribution < 1.29 is 0 Å². The van der Waals surface area contributed by atoms with E-state index >= 15 is 0 Å². The molecular formula is C12H16ClN3. The summed E-state index contributed by atoms with van der Waals surface area (Å²) in [5, 5.41) is 6.22. The Morgan fingerprint density at radius 3 is 2.81 bits per heavy atom. The lowest BCUT2D eigenvalue weighted by atomic mass is 10.1. The average molecular weight is 238 g/mol. The Morgan fingerprint density at radius 2 is 2.19 bits per heavy atom. The van der Waals surface area contributed by atoms with Gasteiger partial charge in [-0.3, -0.25) is 4.68 Å². The topological polar surface area (TPSA) is 43.8 Å². The van der Waals surface area contributed by atoms with E-state index in [0.29, 0.717) is 11.7 Å². The van der Waals surface area contributed by atoms with Crippen molar-refractivity contribution in [1.82, 2.24) is 9.78 Å². The number of nitrogens with two attached hydrogens (primary N) is 1. The highest BCUT2D eigenvalue weighted by molar-refractivity contribution is 6.34. The van der Waals surface area contributed by atoms with E-state index in [1.165, 1.54) is 5.56 Å². The summed E-state index contributed by atoms with van der Waals surface area (Å²) in [4.78, 5) is 0. The molecule has 2 N–H and O–H groups in total. The second-order valence-electron chi connectivity index (χ2n) is 4.22. The molecule has 1 heterocycles. The average Bonchev–Trinajstić information content (AvgIpc) is 2.56. The molecule has 0 fully saturated rings. The fraction of sp³-hybridized carbons (Fsp3) is 0.417. The first-order chi connectivity index (χ1) is 7.63. The molecule has 0 aliphatic carbocycles. The lowest BCUT2D eigenvalue weighted by molar-refractivity contribution is 0.538. The van der Waals surface area contributed by atoms with E-state index in [2.05, 4.69) is 31.1 Å². The van der Waals surface area contributed by atoms with Crippen LogP contribution in [0.15, 0.2) is 18.2 Å². The molecule has 0 radical (unpaired) electrons. The van der Waals surface area contributed by atoms with Crippen molar-refractivity contribution in [3.05, 3.63) is 28.9 Å². The van der Waals surface area contributed by atoms with Crippen LogP contribution in [0.4, 0.5) is 0 Å². The maximum absolute atomic E-state index is 6.26. The van der Waals surface area contributed by atoms with Gasteiger partial charge in [0.25, 0.3) is 0 Å². The van der Waals surface area contributed by atoms with Crippen LogP contribution in [0.3, 0.4) is 0 Å². The molecule has 86 valence electrons. The van der Waals surface area contributed by atoms with E-state index in [4.69, 9.17) is 17.3 Å². The van der Waals surface area contributed by atoms with Crippen molar-refractivity contribution in [3.63, 3.8) is 0 Å². The van der Waals surface area contributed by atoms with Crippen LogP contribution in [-0.2, 0) is 6.42 Å². The maximum Gasteiger partial charge on any atom is 0.135 e. The van der Waals surface area contributed by atoms with Crippen LogP contribution in [0.2, 0.25) is 5.15 Å². The molecule has 2 rings (SSSR count). The number of halogens is 1. The number of benzene rings is 1. The Balaban J connectivity index is 2.54. The summed E-state index contributed by atoms with van der Waals surface area (Å²) >= 11 is 6.26. The normalized spacial score (nSPS) is 11.6. The van der Waals surface area contributed by atoms with Crippen molar-refractivity contribution in [3.8, 4) is 0 Å². The molecule has 0 saturated carbocycles. The lowest BCUT2D eigenvalue weighted by Crippen LogP contribution is -2.02. The molecule has 0 spiro atoms. The third kappa shape index (κ3) is 1.93. The van der Waals surface area contributed by atoms with Crippen molar-refractivity contribution in [2.75, 3.05) is 6.54 Å². The first kappa shape index (κ1) is 11.4. The Morgan fingerprint density at radius 1 is 1.44 bits per heavy atom. The SMILES string of the molecule is CC(C)n1nc2cc(CCN)ccc2c1Cl. The summed E-state index contributed by atoms with van der Waals surface area (Å²) in [6, 6.07) is 6.42. The van der Waals surface area contributed by atoms with Crippen LogP contribution in [0.1, 0.15) is 25.5 Å². The van der Waals surface area contributed by atoms with Gasteiger partial charge in [-0.15, -0.1) is 0 Å². The molecule has 0 amide bonds. The van der Waals surface area contributed by atoms with Gasteiger partial charge >= 0.3 is 0 Å². The molecule has 16 heavy (non-hydrogen) atoms. The zero-order valence-electron chi connectivity index (χ0n) is 9.57. The third-order valence-electron chi connectivity index (χ3n) is 2.62. The highest BCUT2D eigenvalue weighted by Crippen LogP contribution is 2.26.